The average Bonchev–Trinajstić information content (AvgIpc) is 0.840. The fourth-order valence-electron chi connectivity index (χ4n) is 9.58. The van der Waals surface area contributed by atoms with Gasteiger partial charge in [-0.1, -0.05) is 210 Å². The maximum atomic E-state index is 12.4. The Labute approximate surface area is 766 Å². The van der Waals surface area contributed by atoms with E-state index in [-0.39, 0.29) is 96.8 Å². The molecule has 0 spiro atoms. The lowest BCUT2D eigenvalue weighted by Crippen LogP contribution is -2.38. The summed E-state index contributed by atoms with van der Waals surface area (Å²) in [6, 6.07) is 33.4. The Balaban J connectivity index is 0. The molecule has 4 atom stereocenters. The number of amides is 2. The lowest BCUT2D eigenvalue weighted by molar-refractivity contribution is -0.152. The predicted octanol–water partition coefficient (Wildman–Crippen LogP) is 24.2. The summed E-state index contributed by atoms with van der Waals surface area (Å²) < 4.78 is 21.2. The zero-order chi connectivity index (χ0) is 96.7. The first-order chi connectivity index (χ1) is 56.1. The van der Waals surface area contributed by atoms with Crippen molar-refractivity contribution in [2.45, 2.75) is 320 Å². The topological polar surface area (TPSA) is 296 Å². The number of esters is 4. The average molecular weight is 1810 g/mol. The van der Waals surface area contributed by atoms with Crippen LogP contribution in [0.3, 0.4) is 0 Å². The van der Waals surface area contributed by atoms with Gasteiger partial charge in [0, 0.05) is 68.6 Å². The highest BCUT2D eigenvalue weighted by Gasteiger charge is 2.32. The minimum Gasteiger partial charge on any atom is -0.478 e. The van der Waals surface area contributed by atoms with E-state index in [1.54, 1.807) is 80.3 Å². The van der Waals surface area contributed by atoms with Gasteiger partial charge in [-0.3, -0.25) is 49.0 Å². The van der Waals surface area contributed by atoms with Gasteiger partial charge < -0.3 is 39.8 Å². The zero-order valence-electron chi connectivity index (χ0n) is 82.8. The number of benzene rings is 4. The van der Waals surface area contributed by atoms with Crippen LogP contribution in [0.4, 0.5) is 0 Å². The number of ketones is 2. The Hall–Kier alpha value is -6.70. The number of rotatable bonds is 32. The highest BCUT2D eigenvalue weighted by molar-refractivity contribution is 8.00. The summed E-state index contributed by atoms with van der Waals surface area (Å²) in [5.74, 6) is 0.407. The quantitative estimate of drug-likeness (QED) is 0.0115. The maximum Gasteiger partial charge on any atom is 0.335 e. The van der Waals surface area contributed by atoms with Crippen LogP contribution in [0.25, 0.3) is 0 Å². The maximum absolute atomic E-state index is 12.4. The van der Waals surface area contributed by atoms with Crippen molar-refractivity contribution in [1.82, 2.24) is 21.3 Å². The monoisotopic (exact) mass is 1810 g/mol. The number of carboxylic acids is 2. The van der Waals surface area contributed by atoms with Gasteiger partial charge in [-0.25, -0.2) is 9.59 Å². The SMILES string of the molecule is CC(C)(C)C(=O)NC(SCCOC(=O)C(C)(C)C)c1ccc(C(=O)O)cc1.CC(C)(C)C(=O)NC(SCCOC(=O)C(C)(C)C)c1ccccc1.CC(C)(C)CCCC(=O)C(C)(C)C.CC(C)(C)CCCC(=O)C(C)(C)C.CC(C)(C)NC(SCCOC(=O)C(C)(C)C)c1ccc(C(=O)O)cc1.CC(C)(C)NC(SCCOC(=O)C(C)(C)C)c1ccccc1. The molecule has 2 amide bonds. The fourth-order valence-corrected chi connectivity index (χ4v) is 13.9. The van der Waals surface area contributed by atoms with Crippen molar-refractivity contribution in [2.75, 3.05) is 49.4 Å². The Morgan fingerprint density at radius 1 is 0.290 bits per heavy atom. The summed E-state index contributed by atoms with van der Waals surface area (Å²) in [5.41, 5.74) is 1.82. The molecule has 4 aromatic carbocycles. The van der Waals surface area contributed by atoms with Crippen molar-refractivity contribution in [2.24, 2.45) is 54.1 Å². The molecule has 0 fully saturated rings. The standard InChI is InChI=1S/C20H29NO5S.C19H29NO4S.C19H29NO3S.C18H29NO2S.2C12H24O/c1-19(2,3)17(24)21-15(13-7-9-14(10-8-13)16(22)23)27-12-11-26-18(25)20(4,5)6;1-18(2,3)17(23)24-11-12-25-15(20-19(4,5)6)13-7-9-14(10-8-13)16(21)22;1-18(2,3)16(21)20-15(14-10-8-7-9-11-14)24-13-12-23-17(22)19(4,5)6;1-17(2,3)16(20)21-12-13-22-15(19-18(4,5)6)14-10-8-7-9-11-14;2*1-11(2,3)9-7-8-10(13)12(4,5)6/h7-10,15H,11-12H2,1-6H3,(H,21,24)(H,22,23);7-10,15,20H,11-12H2,1-6H3,(H,21,22);7-11,15H,12-13H2,1-6H3,(H,20,21);7-11,15,19H,12-13H2,1-6H3;2*7-9H2,1-6H3. The summed E-state index contributed by atoms with van der Waals surface area (Å²) in [7, 11) is 0. The smallest absolute Gasteiger partial charge is 0.335 e. The van der Waals surface area contributed by atoms with Crippen molar-refractivity contribution in [1.29, 1.82) is 0 Å². The summed E-state index contributed by atoms with van der Waals surface area (Å²) >= 11 is 6.39. The predicted molar refractivity (Wildman–Crippen MR) is 519 cm³/mol. The highest BCUT2D eigenvalue weighted by Crippen LogP contribution is 2.35. The molecule has 124 heavy (non-hydrogen) atoms. The molecule has 704 valence electrons. The van der Waals surface area contributed by atoms with E-state index < -0.39 is 44.4 Å². The molecule has 4 unspecified atom stereocenters. The highest BCUT2D eigenvalue weighted by atomic mass is 32.2. The van der Waals surface area contributed by atoms with Gasteiger partial charge in [0.15, 0.2) is 0 Å². The first-order valence-electron chi connectivity index (χ1n) is 43.2. The van der Waals surface area contributed by atoms with Gasteiger partial charge in [0.05, 0.1) is 43.5 Å². The van der Waals surface area contributed by atoms with Crippen LogP contribution in [0.5, 0.6) is 0 Å². The molecule has 0 aliphatic heterocycles. The second kappa shape index (κ2) is 53.9. The van der Waals surface area contributed by atoms with Gasteiger partial charge in [0.25, 0.3) is 0 Å². The number of nitrogens with one attached hydrogen (secondary N) is 4. The lowest BCUT2D eigenvalue weighted by Gasteiger charge is -2.29. The van der Waals surface area contributed by atoms with Crippen molar-refractivity contribution in [3.63, 3.8) is 0 Å². The summed E-state index contributed by atoms with van der Waals surface area (Å²) in [5, 5.41) is 30.9. The van der Waals surface area contributed by atoms with Gasteiger partial charge in [0.2, 0.25) is 11.8 Å². The Morgan fingerprint density at radius 3 is 0.710 bits per heavy atom. The first kappa shape index (κ1) is 119. The van der Waals surface area contributed by atoms with Crippen molar-refractivity contribution in [3.8, 4) is 0 Å². The summed E-state index contributed by atoms with van der Waals surface area (Å²) in [6.45, 7) is 72.4. The second-order valence-electron chi connectivity index (χ2n) is 43.6. The van der Waals surface area contributed by atoms with Gasteiger partial charge >= 0.3 is 35.8 Å². The van der Waals surface area contributed by atoms with E-state index in [1.807, 2.05) is 206 Å². The number of aromatic carboxylic acids is 2. The third-order valence-electron chi connectivity index (χ3n) is 17.3. The largest absolute Gasteiger partial charge is 0.478 e. The third-order valence-corrected chi connectivity index (χ3v) is 21.8. The molecule has 0 saturated carbocycles. The molecule has 0 saturated heterocycles. The van der Waals surface area contributed by atoms with Gasteiger partial charge in [-0.2, -0.15) is 0 Å². The molecular formula is C100H164N4O16S4. The van der Waals surface area contributed by atoms with Gasteiger partial charge in [-0.15, -0.1) is 47.0 Å². The minimum atomic E-state index is -1.00. The Morgan fingerprint density at radius 2 is 0.508 bits per heavy atom. The van der Waals surface area contributed by atoms with Crippen molar-refractivity contribution in [3.05, 3.63) is 143 Å². The molecule has 0 heterocycles. The van der Waals surface area contributed by atoms with E-state index >= 15 is 0 Å². The van der Waals surface area contributed by atoms with Crippen LogP contribution >= 0.6 is 47.0 Å². The zero-order valence-corrected chi connectivity index (χ0v) is 86.1. The fraction of sp³-hybridized carbons (Fsp3) is 0.660. The number of carbonyl (C=O) groups is 10. The molecule has 20 nitrogen and oxygen atoms in total. The van der Waals surface area contributed by atoms with Gasteiger partial charge in [0.1, 0.15) is 48.7 Å². The van der Waals surface area contributed by atoms with Crippen LogP contribution in [0, 0.1) is 54.1 Å². The number of hydrogen-bond donors (Lipinski definition) is 6. The van der Waals surface area contributed by atoms with Crippen LogP contribution in [-0.2, 0) is 57.3 Å². The number of carboxylic acid groups (broad SMARTS) is 2. The molecule has 6 N–H and O–H groups in total. The number of hydrogen-bond acceptors (Lipinski definition) is 20. The first-order valence-corrected chi connectivity index (χ1v) is 47.4. The molecule has 0 aliphatic carbocycles. The molecule has 4 aromatic rings. The van der Waals surface area contributed by atoms with E-state index in [2.05, 4.69) is 116 Å². The van der Waals surface area contributed by atoms with Crippen LogP contribution < -0.4 is 21.3 Å². The van der Waals surface area contributed by atoms with Crippen molar-refractivity contribution < 1.29 is 77.1 Å². The van der Waals surface area contributed by atoms with Crippen LogP contribution in [0.2, 0.25) is 0 Å². The number of Topliss-reactive ketones (excluding diaryl/α,β-unsaturated/α-hetero) is 2. The molecule has 0 bridgehead atoms. The Kier molecular flexibility index (Phi) is 51.9. The van der Waals surface area contributed by atoms with Crippen molar-refractivity contribution >= 4 is 106 Å². The molecular weight excluding hydrogens is 1640 g/mol. The van der Waals surface area contributed by atoms with E-state index in [4.69, 9.17) is 29.2 Å². The third kappa shape index (κ3) is 57.9. The minimum absolute atomic E-state index is 0.00413. The van der Waals surface area contributed by atoms with Crippen LogP contribution in [0.15, 0.2) is 109 Å². The van der Waals surface area contributed by atoms with E-state index in [1.165, 1.54) is 29.5 Å². The molecule has 0 aliphatic rings. The Bertz CT molecular complexity index is 3800. The summed E-state index contributed by atoms with van der Waals surface area (Å²) in [6.07, 6.45) is 5.80. The number of thioether (sulfide) groups is 4. The second-order valence-corrected chi connectivity index (χ2v) is 48.5. The van der Waals surface area contributed by atoms with Crippen LogP contribution in [0.1, 0.15) is 352 Å². The van der Waals surface area contributed by atoms with E-state index in [0.29, 0.717) is 59.5 Å². The molecule has 0 aromatic heterocycles. The molecule has 24 heteroatoms. The van der Waals surface area contributed by atoms with Crippen LogP contribution in [-0.4, -0.2) is 130 Å². The number of ether oxygens (including phenoxy) is 4. The molecule has 0 radical (unpaired) electrons. The summed E-state index contributed by atoms with van der Waals surface area (Å²) in [4.78, 5) is 117. The van der Waals surface area contributed by atoms with Gasteiger partial charge in [-0.05, 0) is 208 Å². The normalized spacial score (nSPS) is 13.3. The molecule has 4 rings (SSSR count). The van der Waals surface area contributed by atoms with E-state index in [0.717, 1.165) is 61.0 Å². The lowest BCUT2D eigenvalue weighted by atomic mass is 9.84. The van der Waals surface area contributed by atoms with E-state index in [9.17, 15) is 47.9 Å². The number of carbonyl (C=O) groups excluding carboxylic acids is 8.